The summed E-state index contributed by atoms with van der Waals surface area (Å²) in [6.07, 6.45) is 6.41. The maximum absolute atomic E-state index is 11.6. The summed E-state index contributed by atoms with van der Waals surface area (Å²) in [5.74, 6) is -0.392. The second kappa shape index (κ2) is 12.9. The van der Waals surface area contributed by atoms with Crippen molar-refractivity contribution in [2.24, 2.45) is 5.92 Å². The van der Waals surface area contributed by atoms with E-state index in [-0.39, 0.29) is 6.04 Å². The number of ether oxygens (including phenoxy) is 1. The number of nitrogens with zero attached hydrogens (tertiary/aromatic N) is 1. The lowest BCUT2D eigenvalue weighted by atomic mass is 9.90. The molecule has 2 atom stereocenters. The van der Waals surface area contributed by atoms with Gasteiger partial charge in [-0.3, -0.25) is 9.59 Å². The number of hydrogen-bond acceptors (Lipinski definition) is 3. The van der Waals surface area contributed by atoms with Gasteiger partial charge in [0.25, 0.3) is 0 Å². The van der Waals surface area contributed by atoms with Gasteiger partial charge in [-0.25, -0.2) is 0 Å². The van der Waals surface area contributed by atoms with E-state index in [4.69, 9.17) is 4.74 Å². The summed E-state index contributed by atoms with van der Waals surface area (Å²) < 4.78 is 8.79. The lowest BCUT2D eigenvalue weighted by molar-refractivity contribution is -0.142. The van der Waals surface area contributed by atoms with Gasteiger partial charge < -0.3 is 19.7 Å². The van der Waals surface area contributed by atoms with E-state index in [2.05, 4.69) is 70.5 Å². The van der Waals surface area contributed by atoms with Crippen molar-refractivity contribution < 1.29 is 19.4 Å². The fourth-order valence-electron chi connectivity index (χ4n) is 6.04. The van der Waals surface area contributed by atoms with Crippen LogP contribution in [0.3, 0.4) is 0 Å². The predicted octanol–water partition coefficient (Wildman–Crippen LogP) is 6.48. The highest BCUT2D eigenvalue weighted by molar-refractivity contribution is 5.89. The van der Waals surface area contributed by atoms with Crippen LogP contribution in [0.15, 0.2) is 72.8 Å². The van der Waals surface area contributed by atoms with E-state index in [1.807, 2.05) is 19.1 Å². The molecule has 0 radical (unpaired) electrons. The fraction of sp³-hybridized carbons (Fsp3) is 0.353. The van der Waals surface area contributed by atoms with Crippen LogP contribution in [-0.4, -0.2) is 28.7 Å². The number of rotatable bonds is 13. The first-order chi connectivity index (χ1) is 19.6. The SMILES string of the molecule is CCC(CCOc1cc2c3c(n(Cc4ccccc4)c2cc1CCc1ccccc1)CCCC3NC=O)C(=O)O. The first kappa shape index (κ1) is 27.5. The molecule has 6 nitrogen and oxygen atoms in total. The molecule has 0 fully saturated rings. The average Bonchev–Trinajstić information content (AvgIpc) is 3.28. The normalized spacial score (nSPS) is 15.4. The Morgan fingerprint density at radius 2 is 1.80 bits per heavy atom. The molecule has 0 bridgehead atoms. The summed E-state index contributed by atoms with van der Waals surface area (Å²) >= 11 is 0. The molecular formula is C34H38N2O4. The molecule has 2 unspecified atom stereocenters. The van der Waals surface area contributed by atoms with Crippen LogP contribution in [0.5, 0.6) is 5.75 Å². The second-order valence-electron chi connectivity index (χ2n) is 10.7. The molecule has 5 rings (SSSR count). The van der Waals surface area contributed by atoms with E-state index in [9.17, 15) is 14.7 Å². The van der Waals surface area contributed by atoms with Crippen LogP contribution < -0.4 is 10.1 Å². The van der Waals surface area contributed by atoms with Crippen molar-refractivity contribution in [1.29, 1.82) is 0 Å². The van der Waals surface area contributed by atoms with E-state index in [0.717, 1.165) is 67.3 Å². The summed E-state index contributed by atoms with van der Waals surface area (Å²) in [5.41, 5.74) is 7.22. The summed E-state index contributed by atoms with van der Waals surface area (Å²) in [7, 11) is 0. The quantitative estimate of drug-likeness (QED) is 0.191. The molecule has 1 aliphatic carbocycles. The Bertz CT molecular complexity index is 1450. The number of amides is 1. The number of carbonyl (C=O) groups excluding carboxylic acids is 1. The largest absolute Gasteiger partial charge is 0.493 e. The van der Waals surface area contributed by atoms with Gasteiger partial charge in [-0.1, -0.05) is 67.6 Å². The number of aliphatic carboxylic acids is 1. The molecule has 6 heteroatoms. The lowest BCUT2D eigenvalue weighted by Crippen LogP contribution is -2.24. The first-order valence-electron chi connectivity index (χ1n) is 14.4. The number of aromatic nitrogens is 1. The zero-order valence-electron chi connectivity index (χ0n) is 23.1. The van der Waals surface area contributed by atoms with Gasteiger partial charge >= 0.3 is 5.97 Å². The Balaban J connectivity index is 1.59. The molecule has 1 heterocycles. The van der Waals surface area contributed by atoms with Crippen molar-refractivity contribution in [2.45, 2.75) is 64.5 Å². The van der Waals surface area contributed by atoms with Crippen molar-refractivity contribution in [3.63, 3.8) is 0 Å². The molecule has 0 aliphatic heterocycles. The van der Waals surface area contributed by atoms with Crippen molar-refractivity contribution >= 4 is 23.3 Å². The number of aryl methyl sites for hydroxylation is 2. The van der Waals surface area contributed by atoms with E-state index < -0.39 is 11.9 Å². The lowest BCUT2D eigenvalue weighted by Gasteiger charge is -2.24. The molecule has 208 valence electrons. The van der Waals surface area contributed by atoms with Crippen molar-refractivity contribution in [3.8, 4) is 5.75 Å². The zero-order valence-corrected chi connectivity index (χ0v) is 23.1. The molecule has 0 saturated heterocycles. The maximum atomic E-state index is 11.6. The Hall–Kier alpha value is -4.06. The highest BCUT2D eigenvalue weighted by atomic mass is 16.5. The van der Waals surface area contributed by atoms with E-state index in [1.54, 1.807) is 0 Å². The van der Waals surface area contributed by atoms with Crippen LogP contribution in [0.4, 0.5) is 0 Å². The molecule has 0 spiro atoms. The number of carbonyl (C=O) groups is 2. The number of carboxylic acid groups (broad SMARTS) is 1. The van der Waals surface area contributed by atoms with Crippen molar-refractivity contribution in [2.75, 3.05) is 6.61 Å². The van der Waals surface area contributed by atoms with Crippen LogP contribution >= 0.6 is 0 Å². The Kier molecular flexibility index (Phi) is 8.84. The smallest absolute Gasteiger partial charge is 0.306 e. The van der Waals surface area contributed by atoms with E-state index in [1.165, 1.54) is 22.4 Å². The van der Waals surface area contributed by atoms with Crippen LogP contribution in [0.1, 0.15) is 66.6 Å². The van der Waals surface area contributed by atoms with Gasteiger partial charge in [-0.2, -0.15) is 0 Å². The monoisotopic (exact) mass is 538 g/mol. The van der Waals surface area contributed by atoms with E-state index >= 15 is 0 Å². The third kappa shape index (κ3) is 6.06. The Morgan fingerprint density at radius 1 is 1.07 bits per heavy atom. The number of nitrogens with one attached hydrogen (secondary N) is 1. The summed E-state index contributed by atoms with van der Waals surface area (Å²) in [5, 5.41) is 13.7. The maximum Gasteiger partial charge on any atom is 0.306 e. The fourth-order valence-corrected chi connectivity index (χ4v) is 6.04. The first-order valence-corrected chi connectivity index (χ1v) is 14.4. The predicted molar refractivity (Wildman–Crippen MR) is 158 cm³/mol. The van der Waals surface area contributed by atoms with Gasteiger partial charge in [0.1, 0.15) is 5.75 Å². The number of benzene rings is 3. The Morgan fingerprint density at radius 3 is 2.48 bits per heavy atom. The Labute approximate surface area is 236 Å². The molecule has 0 saturated carbocycles. The molecule has 40 heavy (non-hydrogen) atoms. The van der Waals surface area contributed by atoms with Crippen molar-refractivity contribution in [1.82, 2.24) is 9.88 Å². The minimum atomic E-state index is -0.777. The topological polar surface area (TPSA) is 80.6 Å². The number of hydrogen-bond donors (Lipinski definition) is 2. The van der Waals surface area contributed by atoms with Gasteiger partial charge in [0.2, 0.25) is 6.41 Å². The highest BCUT2D eigenvalue weighted by Gasteiger charge is 2.28. The molecule has 4 aromatic rings. The van der Waals surface area contributed by atoms with Crippen LogP contribution in [0.25, 0.3) is 10.9 Å². The highest BCUT2D eigenvalue weighted by Crippen LogP contribution is 2.41. The molecule has 3 aromatic carbocycles. The third-order valence-corrected chi connectivity index (χ3v) is 8.20. The van der Waals surface area contributed by atoms with Gasteiger partial charge in [-0.05, 0) is 73.8 Å². The standard InChI is InChI=1S/C34H38N2O4/c1-2-26(34(38)39)18-19-40-32-21-28-31(20-27(32)17-16-24-10-5-3-6-11-24)36(22-25-12-7-4-8-13-25)30-15-9-14-29(33(28)30)35-23-37/h3-8,10-13,20-21,23,26,29H,2,9,14-19,22H2,1H3,(H,35,37)(H,38,39). The zero-order chi connectivity index (χ0) is 27.9. The summed E-state index contributed by atoms with van der Waals surface area (Å²) in [6.45, 7) is 3.01. The van der Waals surface area contributed by atoms with Crippen molar-refractivity contribution in [3.05, 3.63) is 101 Å². The molecule has 1 aliphatic rings. The molecular weight excluding hydrogens is 500 g/mol. The van der Waals surface area contributed by atoms with Gasteiger partial charge in [0.05, 0.1) is 18.6 Å². The van der Waals surface area contributed by atoms with Gasteiger partial charge in [-0.15, -0.1) is 0 Å². The molecule has 2 N–H and O–H groups in total. The summed E-state index contributed by atoms with van der Waals surface area (Å²) in [6, 6.07) is 25.3. The van der Waals surface area contributed by atoms with Gasteiger partial charge in [0.15, 0.2) is 0 Å². The van der Waals surface area contributed by atoms with Gasteiger partial charge in [0, 0.05) is 28.7 Å². The minimum Gasteiger partial charge on any atom is -0.493 e. The second-order valence-corrected chi connectivity index (χ2v) is 10.7. The number of carboxylic acids is 1. The van der Waals surface area contributed by atoms with Crippen LogP contribution in [0.2, 0.25) is 0 Å². The molecule has 1 aromatic heterocycles. The molecule has 1 amide bonds. The number of fused-ring (bicyclic) bond motifs is 3. The summed E-state index contributed by atoms with van der Waals surface area (Å²) in [4.78, 5) is 23.1. The van der Waals surface area contributed by atoms with Crippen LogP contribution in [-0.2, 0) is 35.4 Å². The minimum absolute atomic E-state index is 0.0414. The average molecular weight is 539 g/mol. The van der Waals surface area contributed by atoms with E-state index in [0.29, 0.717) is 19.4 Å². The third-order valence-electron chi connectivity index (χ3n) is 8.20. The van der Waals surface area contributed by atoms with Crippen LogP contribution in [0, 0.1) is 5.92 Å².